The maximum Gasteiger partial charge on any atom is 0.417 e. The lowest BCUT2D eigenvalue weighted by atomic mass is 10.0. The van der Waals surface area contributed by atoms with E-state index in [1.165, 1.54) is 6.07 Å². The summed E-state index contributed by atoms with van der Waals surface area (Å²) in [5.41, 5.74) is 2.55. The Morgan fingerprint density at radius 2 is 2.10 bits per heavy atom. The molecule has 0 radical (unpaired) electrons. The van der Waals surface area contributed by atoms with E-state index in [2.05, 4.69) is 10.3 Å². The van der Waals surface area contributed by atoms with E-state index >= 15 is 0 Å². The van der Waals surface area contributed by atoms with Crippen molar-refractivity contribution in [3.8, 4) is 0 Å². The number of nitrogens with one attached hydrogen (secondary N) is 2. The molecule has 0 saturated carbocycles. The van der Waals surface area contributed by atoms with Crippen molar-refractivity contribution in [1.29, 1.82) is 0 Å². The molecule has 4 nitrogen and oxygen atoms in total. The summed E-state index contributed by atoms with van der Waals surface area (Å²) in [6, 6.07) is 11.9. The molecule has 0 spiro atoms. The van der Waals surface area contributed by atoms with Gasteiger partial charge in [-0.15, -0.1) is 0 Å². The number of anilines is 1. The minimum absolute atomic E-state index is 0.137. The monoisotopic (exact) mass is 286 g/mol. The lowest BCUT2D eigenvalue weighted by molar-refractivity contribution is 0.555. The molecule has 3 aromatic rings. The molecule has 1 aromatic heterocycles. The van der Waals surface area contributed by atoms with Gasteiger partial charge in [-0.1, -0.05) is 25.1 Å². The second-order valence-corrected chi connectivity index (χ2v) is 4.85. The maximum atomic E-state index is 13.9. The Kier molecular flexibility index (Phi) is 3.48. The minimum atomic E-state index is -0.483. The predicted octanol–water partition coefficient (Wildman–Crippen LogP) is 3.82. The predicted molar refractivity (Wildman–Crippen MR) is 79.9 cm³/mol. The molecule has 0 aliphatic carbocycles. The molecule has 21 heavy (non-hydrogen) atoms. The van der Waals surface area contributed by atoms with Crippen LogP contribution in [0.5, 0.6) is 0 Å². The molecule has 0 aliphatic heterocycles. The van der Waals surface area contributed by atoms with Gasteiger partial charge in [0.25, 0.3) is 0 Å². The van der Waals surface area contributed by atoms with Gasteiger partial charge >= 0.3 is 5.76 Å². The summed E-state index contributed by atoms with van der Waals surface area (Å²) < 4.78 is 18.8. The Morgan fingerprint density at radius 1 is 1.29 bits per heavy atom. The Hall–Kier alpha value is -2.56. The van der Waals surface area contributed by atoms with Gasteiger partial charge in [-0.2, -0.15) is 0 Å². The first-order valence-electron chi connectivity index (χ1n) is 6.81. The molecule has 0 aliphatic rings. The second-order valence-electron chi connectivity index (χ2n) is 4.85. The summed E-state index contributed by atoms with van der Waals surface area (Å²) in [6.45, 7) is 1.99. The van der Waals surface area contributed by atoms with Crippen LogP contribution in [0.4, 0.5) is 10.1 Å². The van der Waals surface area contributed by atoms with Crippen LogP contribution < -0.4 is 11.1 Å². The van der Waals surface area contributed by atoms with E-state index in [0.717, 1.165) is 12.1 Å². The molecular formula is C16H15FN2O2. The SMILES string of the molecule is CCC(Nc1ccc2oc(=O)[nH]c2c1)c1ccccc1F. The first kappa shape index (κ1) is 13.4. The number of aromatic amines is 1. The van der Waals surface area contributed by atoms with Crippen LogP contribution in [0.25, 0.3) is 11.1 Å². The zero-order chi connectivity index (χ0) is 14.8. The van der Waals surface area contributed by atoms with Crippen LogP contribution >= 0.6 is 0 Å². The van der Waals surface area contributed by atoms with Gasteiger partial charge in [0, 0.05) is 11.3 Å². The topological polar surface area (TPSA) is 58.0 Å². The van der Waals surface area contributed by atoms with E-state index in [9.17, 15) is 9.18 Å². The van der Waals surface area contributed by atoms with Crippen LogP contribution in [0.2, 0.25) is 0 Å². The Bertz CT molecular complexity index is 822. The van der Waals surface area contributed by atoms with Crippen LogP contribution in [-0.2, 0) is 0 Å². The van der Waals surface area contributed by atoms with Gasteiger partial charge in [0.15, 0.2) is 5.58 Å². The number of oxazole rings is 1. The molecule has 3 rings (SSSR count). The summed E-state index contributed by atoms with van der Waals surface area (Å²) in [5, 5.41) is 3.28. The average Bonchev–Trinajstić information content (AvgIpc) is 2.85. The largest absolute Gasteiger partial charge is 0.417 e. The van der Waals surface area contributed by atoms with Crippen molar-refractivity contribution in [3.05, 3.63) is 64.4 Å². The van der Waals surface area contributed by atoms with Gasteiger partial charge in [0.05, 0.1) is 11.6 Å². The number of hydrogen-bond acceptors (Lipinski definition) is 3. The van der Waals surface area contributed by atoms with Crippen molar-refractivity contribution < 1.29 is 8.81 Å². The first-order valence-corrected chi connectivity index (χ1v) is 6.81. The molecule has 0 saturated heterocycles. The van der Waals surface area contributed by atoms with E-state index in [1.807, 2.05) is 19.1 Å². The van der Waals surface area contributed by atoms with Crippen molar-refractivity contribution in [2.24, 2.45) is 0 Å². The molecule has 108 valence electrons. The Morgan fingerprint density at radius 3 is 2.86 bits per heavy atom. The van der Waals surface area contributed by atoms with Gasteiger partial charge in [-0.25, -0.2) is 9.18 Å². The highest BCUT2D eigenvalue weighted by molar-refractivity contribution is 5.76. The molecule has 0 fully saturated rings. The van der Waals surface area contributed by atoms with Gasteiger partial charge in [-0.05, 0) is 30.7 Å². The third-order valence-corrected chi connectivity index (χ3v) is 3.45. The van der Waals surface area contributed by atoms with Gasteiger partial charge in [0.1, 0.15) is 5.82 Å². The zero-order valence-corrected chi connectivity index (χ0v) is 11.5. The van der Waals surface area contributed by atoms with E-state index < -0.39 is 5.76 Å². The van der Waals surface area contributed by atoms with Gasteiger partial charge < -0.3 is 9.73 Å². The smallest absolute Gasteiger partial charge is 0.408 e. The van der Waals surface area contributed by atoms with Crippen LogP contribution in [0.3, 0.4) is 0 Å². The second kappa shape index (κ2) is 5.44. The highest BCUT2D eigenvalue weighted by Crippen LogP contribution is 2.26. The van der Waals surface area contributed by atoms with Gasteiger partial charge in [0.2, 0.25) is 0 Å². The summed E-state index contributed by atoms with van der Waals surface area (Å²) in [4.78, 5) is 13.8. The van der Waals surface area contributed by atoms with Crippen molar-refractivity contribution in [2.45, 2.75) is 19.4 Å². The summed E-state index contributed by atoms with van der Waals surface area (Å²) in [7, 11) is 0. The zero-order valence-electron chi connectivity index (χ0n) is 11.5. The van der Waals surface area contributed by atoms with Crippen molar-refractivity contribution in [3.63, 3.8) is 0 Å². The van der Waals surface area contributed by atoms with E-state index in [1.54, 1.807) is 24.3 Å². The highest BCUT2D eigenvalue weighted by atomic mass is 19.1. The third kappa shape index (κ3) is 2.67. The number of halogens is 1. The summed E-state index contributed by atoms with van der Waals surface area (Å²) in [5.74, 6) is -0.710. The average molecular weight is 286 g/mol. The molecule has 0 amide bonds. The number of aromatic nitrogens is 1. The summed E-state index contributed by atoms with van der Waals surface area (Å²) >= 11 is 0. The molecule has 2 aromatic carbocycles. The van der Waals surface area contributed by atoms with Crippen molar-refractivity contribution in [2.75, 3.05) is 5.32 Å². The highest BCUT2D eigenvalue weighted by Gasteiger charge is 2.13. The van der Waals surface area contributed by atoms with E-state index in [-0.39, 0.29) is 11.9 Å². The lowest BCUT2D eigenvalue weighted by Gasteiger charge is -2.19. The molecule has 5 heteroatoms. The molecule has 2 N–H and O–H groups in total. The quantitative estimate of drug-likeness (QED) is 0.766. The van der Waals surface area contributed by atoms with E-state index in [0.29, 0.717) is 16.7 Å². The minimum Gasteiger partial charge on any atom is -0.408 e. The Balaban J connectivity index is 1.92. The number of hydrogen-bond donors (Lipinski definition) is 2. The Labute approximate surface area is 120 Å². The number of H-pyrrole nitrogens is 1. The lowest BCUT2D eigenvalue weighted by Crippen LogP contribution is -2.11. The van der Waals surface area contributed by atoms with Gasteiger partial charge in [-0.3, -0.25) is 4.98 Å². The fourth-order valence-electron chi connectivity index (χ4n) is 2.40. The molecule has 1 atom stereocenters. The fourth-order valence-corrected chi connectivity index (χ4v) is 2.40. The molecule has 1 heterocycles. The fraction of sp³-hybridized carbons (Fsp3) is 0.188. The molecule has 1 unspecified atom stereocenters. The molecular weight excluding hydrogens is 271 g/mol. The van der Waals surface area contributed by atoms with Crippen molar-refractivity contribution >= 4 is 16.8 Å². The summed E-state index contributed by atoms with van der Waals surface area (Å²) in [6.07, 6.45) is 0.737. The van der Waals surface area contributed by atoms with Crippen LogP contribution in [0.15, 0.2) is 51.7 Å². The number of fused-ring (bicyclic) bond motifs is 1. The number of rotatable bonds is 4. The standard InChI is InChI=1S/C16H15FN2O2/c1-2-13(11-5-3-4-6-12(11)17)18-10-7-8-15-14(9-10)19-16(20)21-15/h3-9,13,18H,2H2,1H3,(H,19,20). The van der Waals surface area contributed by atoms with Crippen molar-refractivity contribution in [1.82, 2.24) is 4.98 Å². The van der Waals surface area contributed by atoms with E-state index in [4.69, 9.17) is 4.42 Å². The van der Waals surface area contributed by atoms with Crippen LogP contribution in [0, 0.1) is 5.82 Å². The maximum absolute atomic E-state index is 13.9. The van der Waals surface area contributed by atoms with Crippen LogP contribution in [-0.4, -0.2) is 4.98 Å². The number of benzene rings is 2. The molecule has 0 bridgehead atoms. The van der Waals surface area contributed by atoms with Crippen LogP contribution in [0.1, 0.15) is 24.9 Å². The third-order valence-electron chi connectivity index (χ3n) is 3.45. The normalized spacial score (nSPS) is 12.5. The first-order chi connectivity index (χ1) is 10.2.